The second-order valence-electron chi connectivity index (χ2n) is 29.5. The first-order chi connectivity index (χ1) is 58.7. The van der Waals surface area contributed by atoms with Gasteiger partial charge in [-0.2, -0.15) is 9.59 Å². The lowest BCUT2D eigenvalue weighted by Gasteiger charge is -2.32. The number of nitrogens with two attached hydrogens (primary N) is 2. The predicted molar refractivity (Wildman–Crippen MR) is 444 cm³/mol. The largest absolute Gasteiger partial charge is 0.373 e. The molecule has 11 amide bonds. The topological polar surface area (TPSA) is 411 Å². The Labute approximate surface area is 724 Å². The molecule has 0 atom stereocenters. The van der Waals surface area contributed by atoms with E-state index in [0.29, 0.717) is 41.1 Å². The number of benzene rings is 6. The molecule has 0 bridgehead atoms. The number of anilines is 1. The molecule has 0 radical (unpaired) electrons. The monoisotopic (exact) mass is 1800 g/mol. The van der Waals surface area contributed by atoms with Gasteiger partial charge in [0.15, 0.2) is 0 Å². The van der Waals surface area contributed by atoms with E-state index >= 15 is 0 Å². The molecule has 2 aliphatic heterocycles. The number of amides is 11. The number of nitrogens with zero attached hydrogens (tertiary/aromatic N) is 10. The Morgan fingerprint density at radius 3 is 1.38 bits per heavy atom. The number of alkyl halides is 4. The van der Waals surface area contributed by atoms with Crippen LogP contribution in [0.4, 0.5) is 41.2 Å². The molecule has 9 N–H and O–H groups in total. The van der Waals surface area contributed by atoms with E-state index in [1.165, 1.54) is 92.0 Å². The highest BCUT2D eigenvalue weighted by Crippen LogP contribution is 2.34. The summed E-state index contributed by atoms with van der Waals surface area (Å²) in [7, 11) is 0. The second-order valence-corrected chi connectivity index (χ2v) is 30.7. The first-order valence-corrected chi connectivity index (χ1v) is 39.8. The Hall–Kier alpha value is -12.4. The van der Waals surface area contributed by atoms with Crippen molar-refractivity contribution in [1.29, 1.82) is 0 Å². The summed E-state index contributed by atoms with van der Waals surface area (Å²) >= 11 is 17.4. The SMILES string of the molecule is Cl.FC1(F)CCCNC1.NC(=O)c1cn(CC(=O)N(CC(=O)NCc2cccc(Cl)c2F)C2CC2)c2cc(NC(=O)N3CCCC(F)(F)C3)ccc12.O=C=O.O=CCc1cn(CC(=O)N(CC(=O)NCc2cccc(Cl)c2F)C2CC2)c2ccccc12.[N-]=[N+]=NC(=O)c1ccc2c(C(N)=O)cn(CC(=O)N(CC(=O)NCc3cccc(Cl)c3F)C3CC3)c2c1. The zero-order chi connectivity index (χ0) is 89.0. The number of halogens is 11. The van der Waals surface area contributed by atoms with E-state index in [-0.39, 0.29) is 200 Å². The number of hydrogen-bond acceptors (Lipinski definition) is 14. The van der Waals surface area contributed by atoms with Gasteiger partial charge in [-0.05, 0) is 123 Å². The third kappa shape index (κ3) is 26.1. The number of fused-ring (bicyclic) bond motifs is 3. The minimum Gasteiger partial charge on any atom is -0.366 e. The van der Waals surface area contributed by atoms with Crippen molar-refractivity contribution in [3.8, 4) is 0 Å². The van der Waals surface area contributed by atoms with E-state index in [9.17, 15) is 83.5 Å². The van der Waals surface area contributed by atoms with E-state index in [0.717, 1.165) is 59.9 Å². The Morgan fingerprint density at radius 1 is 0.556 bits per heavy atom. The molecule has 124 heavy (non-hydrogen) atoms. The zero-order valence-electron chi connectivity index (χ0n) is 66.1. The van der Waals surface area contributed by atoms with Gasteiger partial charge in [-0.1, -0.05) is 102 Å². The van der Waals surface area contributed by atoms with Crippen LogP contribution in [0.1, 0.15) is 118 Å². The maximum Gasteiger partial charge on any atom is 0.373 e. The summed E-state index contributed by atoms with van der Waals surface area (Å²) in [5.41, 5.74) is 23.4. The second kappa shape index (κ2) is 43.6. The number of primary amides is 2. The van der Waals surface area contributed by atoms with Gasteiger partial charge in [-0.3, -0.25) is 43.2 Å². The highest BCUT2D eigenvalue weighted by Gasteiger charge is 2.40. The lowest BCUT2D eigenvalue weighted by molar-refractivity contribution is -0.192. The number of para-hydroxylation sites is 1. The van der Waals surface area contributed by atoms with Gasteiger partial charge in [0.25, 0.3) is 23.7 Å². The van der Waals surface area contributed by atoms with Crippen molar-refractivity contribution in [3.63, 3.8) is 0 Å². The Bertz CT molecular complexity index is 5590. The van der Waals surface area contributed by atoms with Crippen LogP contribution in [0, 0.1) is 17.5 Å². The number of piperidine rings is 2. The van der Waals surface area contributed by atoms with Crippen molar-refractivity contribution in [2.45, 2.75) is 140 Å². The van der Waals surface area contributed by atoms with Crippen molar-refractivity contribution >= 4 is 157 Å². The normalized spacial score (nSPS) is 14.6. The Morgan fingerprint density at radius 2 is 0.984 bits per heavy atom. The first-order valence-electron chi connectivity index (χ1n) is 38.6. The van der Waals surface area contributed by atoms with Crippen molar-refractivity contribution in [3.05, 3.63) is 216 Å². The molecule has 9 aromatic rings. The fourth-order valence-electron chi connectivity index (χ4n) is 13.8. The molecular weight excluding hydrogens is 1720 g/mol. The standard InChI is InChI=1S/C29H30ClF3N6O4.C24H21ClFN7O4.C24H23ClFN3O3.C5H9F2N.CO2.ClH/c30-22-4-1-3-17(26(22)31)12-35-24(40)14-39(19-6-7-19)25(41)15-38-13-21(27(34)42)20-8-5-18(11-23(20)38)36-28(43)37-10-2-9-29(32,33)16-37;25-18-3-1-2-14(22(18)26)9-29-20(34)11-33(15-5-6-15)21(35)12-32-10-17(23(27)36)16-7-4-13(8-19(16)32)24(37)30-31-28;25-20-6-3-4-16(24(20)26)12-27-22(31)14-29(18-8-9-18)23(32)15-28-13-17(10-11-30)19-5-1-2-7-21(19)28;6-5(7)2-1-3-8-4-5;2-1-3;/h1,3-5,8,11,13,19H,2,6-7,9-10,12,14-16H2,(H2,34,42)(H,35,40)(H,36,43);1-4,7-8,10,15H,5-6,9,11-12H2,(H2,27,36)(H,29,34);1-7,11,13,18H,8-10,12,14-15H2,(H,27,31);8H,1-4H2;;1H. The maximum absolute atomic E-state index is 14.2. The predicted octanol–water partition coefficient (Wildman–Crippen LogP) is 11.7. The molecule has 5 heterocycles. The summed E-state index contributed by atoms with van der Waals surface area (Å²) in [4.78, 5) is 162. The minimum absolute atomic E-state index is 0. The third-order valence-electron chi connectivity index (χ3n) is 20.4. The Kier molecular flexibility index (Phi) is 33.6. The van der Waals surface area contributed by atoms with Crippen molar-refractivity contribution in [1.82, 2.24) is 54.6 Å². The Balaban J connectivity index is 0.000000199. The van der Waals surface area contributed by atoms with Crippen LogP contribution < -0.4 is 38.1 Å². The fraction of sp³-hybridized carbons (Fsp3) is 0.349. The van der Waals surface area contributed by atoms with E-state index in [1.807, 2.05) is 35.0 Å². The molecule has 5 aliphatic rings. The summed E-state index contributed by atoms with van der Waals surface area (Å²) in [6.07, 6.45) is 11.2. The summed E-state index contributed by atoms with van der Waals surface area (Å²) in [5, 5.41) is 17.9. The van der Waals surface area contributed by atoms with Gasteiger partial charge in [-0.15, -0.1) is 12.4 Å². The van der Waals surface area contributed by atoms with Crippen LogP contribution >= 0.6 is 47.2 Å². The summed E-state index contributed by atoms with van der Waals surface area (Å²) in [6, 6.07) is 29.1. The molecule has 6 aromatic carbocycles. The van der Waals surface area contributed by atoms with Gasteiger partial charge in [-0.25, -0.2) is 35.5 Å². The van der Waals surface area contributed by atoms with Crippen LogP contribution in [0.15, 0.2) is 139 Å². The molecule has 3 aromatic heterocycles. The number of hydrogen-bond donors (Lipinski definition) is 7. The summed E-state index contributed by atoms with van der Waals surface area (Å²) in [6.45, 7) is -1.08. The number of likely N-dealkylation sites (tertiary alicyclic amines) is 1. The molecule has 30 nitrogen and oxygen atoms in total. The summed E-state index contributed by atoms with van der Waals surface area (Å²) in [5.74, 6) is -11.8. The van der Waals surface area contributed by atoms with Crippen LogP contribution in [0.3, 0.4) is 0 Å². The molecule has 2 saturated heterocycles. The van der Waals surface area contributed by atoms with E-state index in [4.69, 9.17) is 61.4 Å². The lowest BCUT2D eigenvalue weighted by Crippen LogP contribution is -2.47. The molecule has 0 unspecified atom stereocenters. The highest BCUT2D eigenvalue weighted by molar-refractivity contribution is 6.31. The number of rotatable bonds is 27. The van der Waals surface area contributed by atoms with Crippen molar-refractivity contribution in [2.75, 3.05) is 51.1 Å². The lowest BCUT2D eigenvalue weighted by atomic mass is 10.1. The van der Waals surface area contributed by atoms with Crippen LogP contribution in [0.2, 0.25) is 15.1 Å². The molecule has 3 aliphatic carbocycles. The van der Waals surface area contributed by atoms with Crippen molar-refractivity contribution < 1.29 is 93.1 Å². The molecule has 14 rings (SSSR count). The average Bonchev–Trinajstić information content (AvgIpc) is 1.63. The number of aromatic nitrogens is 3. The highest BCUT2D eigenvalue weighted by atomic mass is 35.5. The van der Waals surface area contributed by atoms with Gasteiger partial charge in [0.1, 0.15) is 43.4 Å². The van der Waals surface area contributed by atoms with Gasteiger partial charge in [0, 0.05) is 137 Å². The minimum atomic E-state index is -2.96. The number of carbonyl (C=O) groups is 11. The third-order valence-corrected chi connectivity index (χ3v) is 21.2. The van der Waals surface area contributed by atoms with Gasteiger partial charge < -0.3 is 76.1 Å². The van der Waals surface area contributed by atoms with Crippen LogP contribution in [-0.4, -0.2) is 181 Å². The number of aldehydes is 1. The van der Waals surface area contributed by atoms with E-state index < -0.39 is 83.2 Å². The van der Waals surface area contributed by atoms with Crippen molar-refractivity contribution in [2.24, 2.45) is 16.6 Å². The zero-order valence-corrected chi connectivity index (χ0v) is 69.2. The molecule has 0 spiro atoms. The molecule has 41 heteroatoms. The number of nitrogens with one attached hydrogen (secondary N) is 5. The summed E-state index contributed by atoms with van der Waals surface area (Å²) < 4.78 is 99.0. The molecule has 5 fully saturated rings. The van der Waals surface area contributed by atoms with E-state index in [2.05, 4.69) is 36.6 Å². The number of azide groups is 1. The fourth-order valence-corrected chi connectivity index (χ4v) is 14.4. The first kappa shape index (κ1) is 95.5. The van der Waals surface area contributed by atoms with E-state index in [1.54, 1.807) is 35.2 Å². The van der Waals surface area contributed by atoms with Gasteiger partial charge >= 0.3 is 12.2 Å². The number of carbonyl (C=O) groups excluding carboxylic acids is 13. The quantitative estimate of drug-likeness (QED) is 0.00827. The van der Waals surface area contributed by atoms with Gasteiger partial charge in [0.05, 0.1) is 70.0 Å². The maximum atomic E-state index is 14.2. The van der Waals surface area contributed by atoms with Crippen LogP contribution in [0.25, 0.3) is 43.2 Å². The molecule has 656 valence electrons. The van der Waals surface area contributed by atoms with Crippen LogP contribution in [0.5, 0.6) is 0 Å². The molecular formula is C83H84Cl4F7N17O13. The van der Waals surface area contributed by atoms with Gasteiger partial charge in [0.2, 0.25) is 41.4 Å². The smallest absolute Gasteiger partial charge is 0.366 e. The number of urea groups is 1. The molecule has 3 saturated carbocycles. The van der Waals surface area contributed by atoms with Crippen LogP contribution in [-0.2, 0) is 88.8 Å². The average molecular weight is 1800 g/mol.